The fraction of sp³-hybridized carbons (Fsp3) is 0.500. The molecule has 0 aromatic rings. The van der Waals surface area contributed by atoms with Crippen LogP contribution < -0.4 is 11.1 Å². The van der Waals surface area contributed by atoms with Crippen LogP contribution >= 0.6 is 0 Å². The summed E-state index contributed by atoms with van der Waals surface area (Å²) in [6, 6.07) is -0.490. The standard InChI is InChI=1S/C10H18N2O2/c1-4-9(14-3)7-8(2)5-6-12-10(11)13/h4,7H,5-6H2,1-3H3,(H3,11,12,13)/b8-7+,9-4+. The summed E-state index contributed by atoms with van der Waals surface area (Å²) in [5, 5.41) is 2.52. The number of urea groups is 1. The van der Waals surface area contributed by atoms with Crippen LogP contribution in [0.1, 0.15) is 20.3 Å². The van der Waals surface area contributed by atoms with Crippen LogP contribution in [0.25, 0.3) is 0 Å². The number of carbonyl (C=O) groups is 1. The van der Waals surface area contributed by atoms with Crippen molar-refractivity contribution in [2.45, 2.75) is 20.3 Å². The molecule has 0 rings (SSSR count). The molecule has 0 saturated heterocycles. The van der Waals surface area contributed by atoms with Crippen molar-refractivity contribution in [3.63, 3.8) is 0 Å². The van der Waals surface area contributed by atoms with E-state index in [2.05, 4.69) is 5.32 Å². The van der Waals surface area contributed by atoms with Crippen LogP contribution in [0.15, 0.2) is 23.5 Å². The Hall–Kier alpha value is -1.45. The van der Waals surface area contributed by atoms with Crippen molar-refractivity contribution in [2.75, 3.05) is 13.7 Å². The number of nitrogens with two attached hydrogens (primary N) is 1. The summed E-state index contributed by atoms with van der Waals surface area (Å²) in [5.41, 5.74) is 6.06. The zero-order chi connectivity index (χ0) is 11.0. The molecule has 14 heavy (non-hydrogen) atoms. The molecule has 0 heterocycles. The number of carbonyl (C=O) groups excluding carboxylic acids is 1. The molecular formula is C10H18N2O2. The van der Waals surface area contributed by atoms with E-state index in [-0.39, 0.29) is 0 Å². The Morgan fingerprint density at radius 1 is 1.57 bits per heavy atom. The molecule has 80 valence electrons. The monoisotopic (exact) mass is 198 g/mol. The average molecular weight is 198 g/mol. The molecule has 4 nitrogen and oxygen atoms in total. The van der Waals surface area contributed by atoms with Crippen molar-refractivity contribution in [1.29, 1.82) is 0 Å². The van der Waals surface area contributed by atoms with Gasteiger partial charge in [0.2, 0.25) is 0 Å². The lowest BCUT2D eigenvalue weighted by Crippen LogP contribution is -2.30. The van der Waals surface area contributed by atoms with E-state index in [0.29, 0.717) is 6.54 Å². The van der Waals surface area contributed by atoms with E-state index < -0.39 is 6.03 Å². The van der Waals surface area contributed by atoms with Gasteiger partial charge in [0.25, 0.3) is 0 Å². The quantitative estimate of drug-likeness (QED) is 0.520. The van der Waals surface area contributed by atoms with E-state index >= 15 is 0 Å². The number of methoxy groups -OCH3 is 1. The van der Waals surface area contributed by atoms with Crippen LogP contribution in [0, 0.1) is 0 Å². The van der Waals surface area contributed by atoms with Crippen molar-refractivity contribution < 1.29 is 9.53 Å². The summed E-state index contributed by atoms with van der Waals surface area (Å²) in [6.45, 7) is 4.44. The molecule has 0 fully saturated rings. The van der Waals surface area contributed by atoms with Crippen LogP contribution in [0.4, 0.5) is 4.79 Å². The van der Waals surface area contributed by atoms with Gasteiger partial charge in [0.05, 0.1) is 7.11 Å². The molecule has 4 heteroatoms. The number of allylic oxidation sites excluding steroid dienone is 2. The number of primary amides is 1. The van der Waals surface area contributed by atoms with E-state index in [0.717, 1.165) is 17.8 Å². The molecule has 0 unspecified atom stereocenters. The highest BCUT2D eigenvalue weighted by Gasteiger charge is 1.95. The summed E-state index contributed by atoms with van der Waals surface area (Å²) >= 11 is 0. The van der Waals surface area contributed by atoms with Gasteiger partial charge >= 0.3 is 6.03 Å². The van der Waals surface area contributed by atoms with Gasteiger partial charge in [0.15, 0.2) is 0 Å². The van der Waals surface area contributed by atoms with E-state index in [4.69, 9.17) is 10.5 Å². The second-order valence-electron chi connectivity index (χ2n) is 2.93. The minimum atomic E-state index is -0.490. The topological polar surface area (TPSA) is 64.3 Å². The lowest BCUT2D eigenvalue weighted by atomic mass is 10.2. The SMILES string of the molecule is C/C=C(\C=C(/C)CCNC(N)=O)OC. The van der Waals surface area contributed by atoms with Crippen molar-refractivity contribution in [2.24, 2.45) is 5.73 Å². The fourth-order valence-corrected chi connectivity index (χ4v) is 0.958. The zero-order valence-corrected chi connectivity index (χ0v) is 8.96. The Labute approximate surface area is 84.8 Å². The largest absolute Gasteiger partial charge is 0.497 e. The third kappa shape index (κ3) is 6.11. The molecule has 0 atom stereocenters. The molecule has 0 bridgehead atoms. The van der Waals surface area contributed by atoms with E-state index in [1.807, 2.05) is 26.0 Å². The Morgan fingerprint density at radius 2 is 2.21 bits per heavy atom. The predicted molar refractivity (Wildman–Crippen MR) is 56.7 cm³/mol. The van der Waals surface area contributed by atoms with Gasteiger partial charge in [-0.05, 0) is 32.4 Å². The first-order valence-electron chi connectivity index (χ1n) is 4.51. The maximum atomic E-state index is 10.4. The lowest BCUT2D eigenvalue weighted by Gasteiger charge is -2.04. The molecule has 0 aliphatic carbocycles. The minimum Gasteiger partial charge on any atom is -0.497 e. The molecule has 0 radical (unpaired) electrons. The average Bonchev–Trinajstić information content (AvgIpc) is 2.13. The zero-order valence-electron chi connectivity index (χ0n) is 8.96. The third-order valence-corrected chi connectivity index (χ3v) is 1.73. The molecule has 0 spiro atoms. The third-order valence-electron chi connectivity index (χ3n) is 1.73. The number of rotatable bonds is 5. The van der Waals surface area contributed by atoms with Crippen molar-refractivity contribution in [1.82, 2.24) is 5.32 Å². The Kier molecular flexibility index (Phi) is 6.28. The molecule has 2 amide bonds. The van der Waals surface area contributed by atoms with Gasteiger partial charge in [-0.3, -0.25) is 0 Å². The highest BCUT2D eigenvalue weighted by molar-refractivity contribution is 5.71. The highest BCUT2D eigenvalue weighted by Crippen LogP contribution is 2.05. The molecule has 0 aromatic heterocycles. The number of ether oxygens (including phenoxy) is 1. The van der Waals surface area contributed by atoms with Crippen LogP contribution in [0.5, 0.6) is 0 Å². The Bertz CT molecular complexity index is 245. The second kappa shape index (κ2) is 7.00. The molecule has 0 saturated carbocycles. The van der Waals surface area contributed by atoms with Gasteiger partial charge in [-0.25, -0.2) is 4.79 Å². The minimum absolute atomic E-state index is 0.490. The van der Waals surface area contributed by atoms with Crippen LogP contribution in [0.2, 0.25) is 0 Å². The summed E-state index contributed by atoms with van der Waals surface area (Å²) in [4.78, 5) is 10.4. The van der Waals surface area contributed by atoms with Gasteiger partial charge in [-0.1, -0.05) is 5.57 Å². The number of amides is 2. The number of nitrogens with one attached hydrogen (secondary N) is 1. The molecule has 0 aromatic carbocycles. The smallest absolute Gasteiger partial charge is 0.312 e. The highest BCUT2D eigenvalue weighted by atomic mass is 16.5. The van der Waals surface area contributed by atoms with Gasteiger partial charge in [-0.2, -0.15) is 0 Å². The van der Waals surface area contributed by atoms with Crippen molar-refractivity contribution in [3.8, 4) is 0 Å². The van der Waals surface area contributed by atoms with E-state index in [9.17, 15) is 4.79 Å². The molecular weight excluding hydrogens is 180 g/mol. The summed E-state index contributed by atoms with van der Waals surface area (Å²) < 4.78 is 5.07. The van der Waals surface area contributed by atoms with Crippen LogP contribution in [-0.2, 0) is 4.74 Å². The number of hydrogen-bond acceptors (Lipinski definition) is 2. The Morgan fingerprint density at radius 3 is 2.64 bits per heavy atom. The van der Waals surface area contributed by atoms with Gasteiger partial charge in [-0.15, -0.1) is 0 Å². The van der Waals surface area contributed by atoms with Crippen molar-refractivity contribution >= 4 is 6.03 Å². The van der Waals surface area contributed by atoms with Gasteiger partial charge < -0.3 is 15.8 Å². The summed E-state index contributed by atoms with van der Waals surface area (Å²) in [5.74, 6) is 0.821. The first kappa shape index (κ1) is 12.6. The maximum Gasteiger partial charge on any atom is 0.312 e. The maximum absolute atomic E-state index is 10.4. The lowest BCUT2D eigenvalue weighted by molar-refractivity contribution is 0.249. The van der Waals surface area contributed by atoms with E-state index in [1.54, 1.807) is 7.11 Å². The molecule has 0 aliphatic rings. The Balaban J connectivity index is 3.94. The van der Waals surface area contributed by atoms with Gasteiger partial charge in [0, 0.05) is 6.54 Å². The molecule has 3 N–H and O–H groups in total. The number of hydrogen-bond donors (Lipinski definition) is 2. The molecule has 0 aliphatic heterocycles. The summed E-state index contributed by atoms with van der Waals surface area (Å²) in [6.07, 6.45) is 4.58. The predicted octanol–water partition coefficient (Wildman–Crippen LogP) is 1.54. The summed E-state index contributed by atoms with van der Waals surface area (Å²) in [7, 11) is 1.63. The second-order valence-corrected chi connectivity index (χ2v) is 2.93. The van der Waals surface area contributed by atoms with Gasteiger partial charge in [0.1, 0.15) is 5.76 Å². The first-order valence-corrected chi connectivity index (χ1v) is 4.51. The van der Waals surface area contributed by atoms with Crippen molar-refractivity contribution in [3.05, 3.63) is 23.5 Å². The van der Waals surface area contributed by atoms with Crippen LogP contribution in [-0.4, -0.2) is 19.7 Å². The van der Waals surface area contributed by atoms with E-state index in [1.165, 1.54) is 0 Å². The normalized spacial score (nSPS) is 12.5. The van der Waals surface area contributed by atoms with Crippen LogP contribution in [0.3, 0.4) is 0 Å². The fourth-order valence-electron chi connectivity index (χ4n) is 0.958. The first-order chi connectivity index (χ1) is 6.60.